The van der Waals surface area contributed by atoms with Crippen molar-refractivity contribution in [2.75, 3.05) is 26.7 Å². The van der Waals surface area contributed by atoms with E-state index in [1.54, 1.807) is 4.90 Å². The molecule has 1 heterocycles. The standard InChI is InChI=1S/C13H25N3O3/c1-4-5-11(8-12(17)18)14-13(19)16-7-6-15(3)9-10(16)2/h10-11H,4-9H2,1-3H3,(H,14,19)(H,17,18). The molecule has 2 unspecified atom stereocenters. The highest BCUT2D eigenvalue weighted by Gasteiger charge is 2.27. The van der Waals surface area contributed by atoms with E-state index in [1.165, 1.54) is 0 Å². The number of hydrogen-bond acceptors (Lipinski definition) is 3. The Morgan fingerprint density at radius 2 is 2.11 bits per heavy atom. The lowest BCUT2D eigenvalue weighted by Gasteiger charge is -2.38. The molecule has 6 heteroatoms. The van der Waals surface area contributed by atoms with E-state index in [1.807, 2.05) is 20.9 Å². The summed E-state index contributed by atoms with van der Waals surface area (Å²) in [5.41, 5.74) is 0. The zero-order valence-corrected chi connectivity index (χ0v) is 12.1. The first-order valence-corrected chi connectivity index (χ1v) is 6.91. The van der Waals surface area contributed by atoms with Crippen LogP contribution in [0.15, 0.2) is 0 Å². The summed E-state index contributed by atoms with van der Waals surface area (Å²) in [5, 5.41) is 11.7. The first kappa shape index (κ1) is 15.8. The van der Waals surface area contributed by atoms with Gasteiger partial charge < -0.3 is 20.2 Å². The second-order valence-corrected chi connectivity index (χ2v) is 5.34. The molecule has 6 nitrogen and oxygen atoms in total. The number of aliphatic carboxylic acids is 1. The first-order valence-electron chi connectivity index (χ1n) is 6.91. The average molecular weight is 271 g/mol. The van der Waals surface area contributed by atoms with Crippen LogP contribution in [0, 0.1) is 0 Å². The largest absolute Gasteiger partial charge is 0.481 e. The summed E-state index contributed by atoms with van der Waals surface area (Å²) >= 11 is 0. The van der Waals surface area contributed by atoms with E-state index in [9.17, 15) is 9.59 Å². The molecule has 2 N–H and O–H groups in total. The fourth-order valence-electron chi connectivity index (χ4n) is 2.48. The molecule has 0 aromatic heterocycles. The van der Waals surface area contributed by atoms with E-state index in [4.69, 9.17) is 5.11 Å². The van der Waals surface area contributed by atoms with Crippen molar-refractivity contribution in [1.82, 2.24) is 15.1 Å². The first-order chi connectivity index (χ1) is 8.93. The molecule has 110 valence electrons. The van der Waals surface area contributed by atoms with Crippen molar-refractivity contribution in [2.24, 2.45) is 0 Å². The molecule has 2 atom stereocenters. The molecule has 0 aliphatic carbocycles. The Balaban J connectivity index is 2.53. The Hall–Kier alpha value is -1.30. The molecule has 0 saturated carbocycles. The van der Waals surface area contributed by atoms with Crippen LogP contribution in [0.1, 0.15) is 33.1 Å². The van der Waals surface area contributed by atoms with Crippen LogP contribution in [0.25, 0.3) is 0 Å². The van der Waals surface area contributed by atoms with Gasteiger partial charge >= 0.3 is 12.0 Å². The second-order valence-electron chi connectivity index (χ2n) is 5.34. The van der Waals surface area contributed by atoms with Gasteiger partial charge in [-0.1, -0.05) is 13.3 Å². The van der Waals surface area contributed by atoms with Gasteiger partial charge in [0.15, 0.2) is 0 Å². The third kappa shape index (κ3) is 5.06. The van der Waals surface area contributed by atoms with Crippen molar-refractivity contribution >= 4 is 12.0 Å². The van der Waals surface area contributed by atoms with Crippen molar-refractivity contribution in [1.29, 1.82) is 0 Å². The van der Waals surface area contributed by atoms with Crippen molar-refractivity contribution < 1.29 is 14.7 Å². The molecule has 0 bridgehead atoms. The van der Waals surface area contributed by atoms with Crippen molar-refractivity contribution in [2.45, 2.75) is 45.2 Å². The minimum absolute atomic E-state index is 0.0122. The van der Waals surface area contributed by atoms with E-state index < -0.39 is 5.97 Å². The summed E-state index contributed by atoms with van der Waals surface area (Å²) in [5.74, 6) is -0.870. The number of amides is 2. The number of carboxylic acid groups (broad SMARTS) is 1. The minimum atomic E-state index is -0.870. The Labute approximate surface area is 114 Å². The van der Waals surface area contributed by atoms with Crippen LogP contribution in [-0.2, 0) is 4.79 Å². The lowest BCUT2D eigenvalue weighted by atomic mass is 10.1. The van der Waals surface area contributed by atoms with Gasteiger partial charge in [-0.15, -0.1) is 0 Å². The minimum Gasteiger partial charge on any atom is -0.481 e. The van der Waals surface area contributed by atoms with Crippen LogP contribution in [0.5, 0.6) is 0 Å². The topological polar surface area (TPSA) is 72.9 Å². The number of piperazine rings is 1. The summed E-state index contributed by atoms with van der Waals surface area (Å²) in [6.45, 7) is 6.40. The summed E-state index contributed by atoms with van der Waals surface area (Å²) in [6, 6.07) is -0.256. The van der Waals surface area contributed by atoms with Crippen molar-refractivity contribution in [3.05, 3.63) is 0 Å². The lowest BCUT2D eigenvalue weighted by molar-refractivity contribution is -0.137. The molecular weight excluding hydrogens is 246 g/mol. The van der Waals surface area contributed by atoms with E-state index >= 15 is 0 Å². The zero-order valence-electron chi connectivity index (χ0n) is 12.1. The Morgan fingerprint density at radius 1 is 1.42 bits per heavy atom. The van der Waals surface area contributed by atoms with Gasteiger partial charge in [-0.05, 0) is 20.4 Å². The van der Waals surface area contributed by atoms with Crippen LogP contribution < -0.4 is 5.32 Å². The summed E-state index contributed by atoms with van der Waals surface area (Å²) in [4.78, 5) is 26.9. The lowest BCUT2D eigenvalue weighted by Crippen LogP contribution is -2.57. The maximum atomic E-state index is 12.2. The van der Waals surface area contributed by atoms with E-state index in [0.717, 1.165) is 19.5 Å². The molecule has 1 rings (SSSR count). The Kier molecular flexibility index (Phi) is 6.08. The molecule has 1 aliphatic rings. The number of nitrogens with zero attached hydrogens (tertiary/aromatic N) is 2. The molecule has 0 radical (unpaired) electrons. The van der Waals surface area contributed by atoms with Gasteiger partial charge in [0.2, 0.25) is 0 Å². The van der Waals surface area contributed by atoms with E-state index in [2.05, 4.69) is 10.2 Å². The van der Waals surface area contributed by atoms with Crippen LogP contribution >= 0.6 is 0 Å². The fraction of sp³-hybridized carbons (Fsp3) is 0.846. The van der Waals surface area contributed by atoms with Gasteiger partial charge in [-0.3, -0.25) is 4.79 Å². The number of likely N-dealkylation sites (N-methyl/N-ethyl adjacent to an activating group) is 1. The maximum Gasteiger partial charge on any atom is 0.317 e. The molecule has 0 aromatic rings. The number of hydrogen-bond donors (Lipinski definition) is 2. The Bertz CT molecular complexity index is 322. The van der Waals surface area contributed by atoms with Crippen molar-refractivity contribution in [3.8, 4) is 0 Å². The highest BCUT2D eigenvalue weighted by molar-refractivity contribution is 5.76. The summed E-state index contributed by atoms with van der Waals surface area (Å²) in [7, 11) is 2.04. The van der Waals surface area contributed by atoms with E-state index in [0.29, 0.717) is 13.0 Å². The summed E-state index contributed by atoms with van der Waals surface area (Å²) in [6.07, 6.45) is 1.54. The van der Waals surface area contributed by atoms with Crippen LogP contribution in [-0.4, -0.2) is 65.7 Å². The Morgan fingerprint density at radius 3 is 2.63 bits per heavy atom. The molecule has 0 aromatic carbocycles. The van der Waals surface area contributed by atoms with E-state index in [-0.39, 0.29) is 24.5 Å². The molecule has 19 heavy (non-hydrogen) atoms. The van der Waals surface area contributed by atoms with Gasteiger partial charge in [0.05, 0.1) is 6.42 Å². The average Bonchev–Trinajstić information content (AvgIpc) is 2.27. The number of rotatable bonds is 5. The quantitative estimate of drug-likeness (QED) is 0.781. The number of nitrogens with one attached hydrogen (secondary N) is 1. The fourth-order valence-corrected chi connectivity index (χ4v) is 2.48. The number of carboxylic acids is 1. The highest BCUT2D eigenvalue weighted by atomic mass is 16.4. The number of urea groups is 1. The van der Waals surface area contributed by atoms with Crippen LogP contribution in [0.3, 0.4) is 0 Å². The third-order valence-electron chi connectivity index (χ3n) is 3.48. The molecule has 2 amide bonds. The van der Waals surface area contributed by atoms with Gasteiger partial charge in [0.25, 0.3) is 0 Å². The van der Waals surface area contributed by atoms with Crippen molar-refractivity contribution in [3.63, 3.8) is 0 Å². The monoisotopic (exact) mass is 271 g/mol. The van der Waals surface area contributed by atoms with Gasteiger partial charge in [-0.2, -0.15) is 0 Å². The van der Waals surface area contributed by atoms with Gasteiger partial charge in [-0.25, -0.2) is 4.79 Å². The van der Waals surface area contributed by atoms with Crippen LogP contribution in [0.2, 0.25) is 0 Å². The van der Waals surface area contributed by atoms with Gasteiger partial charge in [0.1, 0.15) is 0 Å². The number of carbonyl (C=O) groups excluding carboxylic acids is 1. The predicted octanol–water partition coefficient (Wildman–Crippen LogP) is 0.975. The number of carbonyl (C=O) groups is 2. The SMILES string of the molecule is CCCC(CC(=O)O)NC(=O)N1CCN(C)CC1C. The second kappa shape index (κ2) is 7.33. The summed E-state index contributed by atoms with van der Waals surface area (Å²) < 4.78 is 0. The van der Waals surface area contributed by atoms with Gasteiger partial charge in [0, 0.05) is 31.7 Å². The smallest absolute Gasteiger partial charge is 0.317 e. The highest BCUT2D eigenvalue weighted by Crippen LogP contribution is 2.10. The molecule has 1 saturated heterocycles. The molecule has 1 fully saturated rings. The maximum absolute atomic E-state index is 12.2. The molecule has 1 aliphatic heterocycles. The third-order valence-corrected chi connectivity index (χ3v) is 3.48. The normalized spacial score (nSPS) is 22.1. The zero-order chi connectivity index (χ0) is 14.4. The molecule has 0 spiro atoms. The molecular formula is C13H25N3O3. The van der Waals surface area contributed by atoms with Crippen LogP contribution in [0.4, 0.5) is 4.79 Å². The predicted molar refractivity (Wildman–Crippen MR) is 73.1 cm³/mol.